The molecule has 0 amide bonds. The lowest BCUT2D eigenvalue weighted by molar-refractivity contribution is -0.142. The van der Waals surface area contributed by atoms with Crippen molar-refractivity contribution in [1.82, 2.24) is 0 Å². The molecule has 0 heterocycles. The predicted molar refractivity (Wildman–Crippen MR) is 82.9 cm³/mol. The third-order valence-electron chi connectivity index (χ3n) is 2.27. The molecule has 122 valence electrons. The second-order valence-electron chi connectivity index (χ2n) is 4.06. The number of carboxylic acid groups (broad SMARTS) is 1. The van der Waals surface area contributed by atoms with E-state index in [9.17, 15) is 14.4 Å². The van der Waals surface area contributed by atoms with Gasteiger partial charge in [0.1, 0.15) is 18.3 Å². The maximum absolute atomic E-state index is 10.7. The van der Waals surface area contributed by atoms with E-state index >= 15 is 0 Å². The SMILES string of the molecule is NCC(=O)CCC(=O)O.O=C(CCl)OCc1ccc(Cl)cc1. The number of rotatable bonds is 7. The zero-order valence-electron chi connectivity index (χ0n) is 11.8. The first-order valence-corrected chi connectivity index (χ1v) is 7.19. The summed E-state index contributed by atoms with van der Waals surface area (Å²) in [6.07, 6.45) is -0.0676. The second-order valence-corrected chi connectivity index (χ2v) is 4.76. The molecule has 0 radical (unpaired) electrons. The topological polar surface area (TPSA) is 107 Å². The second kappa shape index (κ2) is 12.0. The number of Topliss-reactive ketones (excluding diaryl/α,β-unsaturated/α-hetero) is 1. The minimum atomic E-state index is -0.961. The van der Waals surface area contributed by atoms with Crippen LogP contribution in [0.5, 0.6) is 0 Å². The Labute approximate surface area is 138 Å². The highest BCUT2D eigenvalue weighted by molar-refractivity contribution is 6.30. The Kier molecular flexibility index (Phi) is 11.1. The standard InChI is InChI=1S/C9H8Cl2O2.C5H9NO3/c10-5-9(12)13-6-7-1-3-8(11)4-2-7;6-3-4(7)1-2-5(8)9/h1-4H,5-6H2;1-3,6H2,(H,8,9). The maximum Gasteiger partial charge on any atom is 0.321 e. The maximum atomic E-state index is 10.7. The summed E-state index contributed by atoms with van der Waals surface area (Å²) in [6.45, 7) is 0.177. The third kappa shape index (κ3) is 11.1. The molecule has 0 fully saturated rings. The lowest BCUT2D eigenvalue weighted by Gasteiger charge is -2.02. The molecule has 1 rings (SSSR count). The summed E-state index contributed by atoms with van der Waals surface area (Å²) in [7, 11) is 0. The van der Waals surface area contributed by atoms with Gasteiger partial charge in [-0.15, -0.1) is 11.6 Å². The molecule has 0 atom stereocenters. The van der Waals surface area contributed by atoms with Gasteiger partial charge in [-0.25, -0.2) is 0 Å². The van der Waals surface area contributed by atoms with Crippen molar-refractivity contribution in [3.05, 3.63) is 34.9 Å². The van der Waals surface area contributed by atoms with Crippen molar-refractivity contribution >= 4 is 40.9 Å². The molecule has 1 aromatic rings. The number of alkyl halides is 1. The van der Waals surface area contributed by atoms with Gasteiger partial charge >= 0.3 is 11.9 Å². The summed E-state index contributed by atoms with van der Waals surface area (Å²) >= 11 is 10.9. The van der Waals surface area contributed by atoms with Crippen molar-refractivity contribution in [2.45, 2.75) is 19.4 Å². The first kappa shape index (κ1) is 20.4. The van der Waals surface area contributed by atoms with Crippen molar-refractivity contribution in [3.8, 4) is 0 Å². The van der Waals surface area contributed by atoms with Gasteiger partial charge in [0.05, 0.1) is 13.0 Å². The molecule has 0 aliphatic heterocycles. The molecule has 0 aromatic heterocycles. The number of carbonyl (C=O) groups is 3. The van der Waals surface area contributed by atoms with E-state index in [4.69, 9.17) is 38.8 Å². The van der Waals surface area contributed by atoms with Crippen molar-refractivity contribution in [1.29, 1.82) is 0 Å². The molecule has 0 bridgehead atoms. The predicted octanol–water partition coefficient (Wildman–Crippen LogP) is 2.00. The molecule has 0 aliphatic carbocycles. The number of esters is 1. The summed E-state index contributed by atoms with van der Waals surface area (Å²) in [5.74, 6) is -1.71. The molecule has 8 heteroatoms. The normalized spacial score (nSPS) is 9.41. The van der Waals surface area contributed by atoms with Gasteiger partial charge in [-0.05, 0) is 17.7 Å². The monoisotopic (exact) mass is 349 g/mol. The summed E-state index contributed by atoms with van der Waals surface area (Å²) in [5, 5.41) is 8.72. The summed E-state index contributed by atoms with van der Waals surface area (Å²) in [6, 6.07) is 7.07. The molecule has 3 N–H and O–H groups in total. The van der Waals surface area contributed by atoms with Crippen LogP contribution in [0.3, 0.4) is 0 Å². The summed E-state index contributed by atoms with van der Waals surface area (Å²) in [4.78, 5) is 30.8. The van der Waals surface area contributed by atoms with E-state index in [1.807, 2.05) is 0 Å². The number of aliphatic carboxylic acids is 1. The number of carbonyl (C=O) groups excluding carboxylic acids is 2. The Hall–Kier alpha value is -1.63. The van der Waals surface area contributed by atoms with Crippen LogP contribution in [0.1, 0.15) is 18.4 Å². The van der Waals surface area contributed by atoms with Gasteiger partial charge in [-0.3, -0.25) is 14.4 Å². The number of ketones is 1. The van der Waals surface area contributed by atoms with Gasteiger partial charge < -0.3 is 15.6 Å². The van der Waals surface area contributed by atoms with E-state index in [0.717, 1.165) is 5.56 Å². The number of halogens is 2. The average molecular weight is 350 g/mol. The highest BCUT2D eigenvalue weighted by Crippen LogP contribution is 2.10. The van der Waals surface area contributed by atoms with Gasteiger partial charge in [0.2, 0.25) is 0 Å². The van der Waals surface area contributed by atoms with Gasteiger partial charge in [0.15, 0.2) is 0 Å². The van der Waals surface area contributed by atoms with Gasteiger partial charge in [0, 0.05) is 11.4 Å². The van der Waals surface area contributed by atoms with Crippen LogP contribution in [-0.2, 0) is 25.7 Å². The van der Waals surface area contributed by atoms with Crippen LogP contribution >= 0.6 is 23.2 Å². The number of nitrogens with two attached hydrogens (primary N) is 1. The van der Waals surface area contributed by atoms with Crippen molar-refractivity contribution in [3.63, 3.8) is 0 Å². The highest BCUT2D eigenvalue weighted by atomic mass is 35.5. The number of hydrogen-bond donors (Lipinski definition) is 2. The molecule has 0 unspecified atom stereocenters. The van der Waals surface area contributed by atoms with Crippen LogP contribution in [0, 0.1) is 0 Å². The van der Waals surface area contributed by atoms with E-state index in [1.54, 1.807) is 24.3 Å². The Morgan fingerprint density at radius 2 is 1.73 bits per heavy atom. The minimum Gasteiger partial charge on any atom is -0.481 e. The molecule has 0 spiro atoms. The van der Waals surface area contributed by atoms with Crippen LogP contribution in [0.4, 0.5) is 0 Å². The van der Waals surface area contributed by atoms with E-state index in [-0.39, 0.29) is 37.7 Å². The highest BCUT2D eigenvalue weighted by Gasteiger charge is 2.01. The lowest BCUT2D eigenvalue weighted by atomic mass is 10.2. The van der Waals surface area contributed by atoms with Crippen molar-refractivity contribution in [2.75, 3.05) is 12.4 Å². The molecule has 6 nitrogen and oxygen atoms in total. The summed E-state index contributed by atoms with van der Waals surface area (Å²) in [5.41, 5.74) is 5.81. The minimum absolute atomic E-state index is 0.0475. The number of ether oxygens (including phenoxy) is 1. The molecule has 22 heavy (non-hydrogen) atoms. The van der Waals surface area contributed by atoms with E-state index in [0.29, 0.717) is 5.02 Å². The average Bonchev–Trinajstić information content (AvgIpc) is 2.52. The Morgan fingerprint density at radius 1 is 1.14 bits per heavy atom. The fourth-order valence-corrected chi connectivity index (χ4v) is 1.33. The van der Waals surface area contributed by atoms with Crippen LogP contribution in [-0.4, -0.2) is 35.3 Å². The number of carboxylic acids is 1. The summed E-state index contributed by atoms with van der Waals surface area (Å²) < 4.78 is 4.80. The third-order valence-corrected chi connectivity index (χ3v) is 2.74. The van der Waals surface area contributed by atoms with Crippen LogP contribution in [0.15, 0.2) is 24.3 Å². The molecule has 0 saturated heterocycles. The number of hydrogen-bond acceptors (Lipinski definition) is 5. The zero-order chi connectivity index (χ0) is 17.0. The molecule has 0 aliphatic rings. The Morgan fingerprint density at radius 3 is 2.18 bits per heavy atom. The molecule has 1 aromatic carbocycles. The van der Waals surface area contributed by atoms with Crippen LogP contribution < -0.4 is 5.73 Å². The Balaban J connectivity index is 0.000000433. The zero-order valence-corrected chi connectivity index (χ0v) is 13.3. The largest absolute Gasteiger partial charge is 0.481 e. The van der Waals surface area contributed by atoms with Crippen LogP contribution in [0.2, 0.25) is 5.02 Å². The van der Waals surface area contributed by atoms with Crippen molar-refractivity contribution < 1.29 is 24.2 Å². The lowest BCUT2D eigenvalue weighted by Crippen LogP contribution is -2.14. The van der Waals surface area contributed by atoms with E-state index < -0.39 is 11.9 Å². The first-order chi connectivity index (χ1) is 10.4. The van der Waals surface area contributed by atoms with Crippen LogP contribution in [0.25, 0.3) is 0 Å². The molecular weight excluding hydrogens is 333 g/mol. The van der Waals surface area contributed by atoms with Gasteiger partial charge in [0.25, 0.3) is 0 Å². The van der Waals surface area contributed by atoms with Gasteiger partial charge in [-0.1, -0.05) is 23.7 Å². The van der Waals surface area contributed by atoms with Crippen molar-refractivity contribution in [2.24, 2.45) is 5.73 Å². The van der Waals surface area contributed by atoms with E-state index in [1.165, 1.54) is 0 Å². The van der Waals surface area contributed by atoms with Gasteiger partial charge in [-0.2, -0.15) is 0 Å². The Bertz CT molecular complexity index is 491. The number of benzene rings is 1. The fourth-order valence-electron chi connectivity index (χ4n) is 1.13. The first-order valence-electron chi connectivity index (χ1n) is 6.28. The molecule has 0 saturated carbocycles. The molecular formula is C14H17Cl2NO5. The smallest absolute Gasteiger partial charge is 0.321 e. The van der Waals surface area contributed by atoms with E-state index in [2.05, 4.69) is 0 Å². The fraction of sp³-hybridized carbons (Fsp3) is 0.357. The quantitative estimate of drug-likeness (QED) is 0.575.